The Morgan fingerprint density at radius 1 is 0.633 bits per heavy atom. The van der Waals surface area contributed by atoms with E-state index in [1.54, 1.807) is 34.6 Å². The summed E-state index contributed by atoms with van der Waals surface area (Å²) in [5.41, 5.74) is 2.46. The summed E-state index contributed by atoms with van der Waals surface area (Å²) in [4.78, 5) is 53.3. The van der Waals surface area contributed by atoms with Crippen LogP contribution < -0.4 is 21.3 Å². The van der Waals surface area contributed by atoms with E-state index in [9.17, 15) is 24.3 Å². The number of carbonyl (C=O) groups excluding carboxylic acids is 4. The van der Waals surface area contributed by atoms with Crippen molar-refractivity contribution in [3.05, 3.63) is 108 Å². The van der Waals surface area contributed by atoms with Gasteiger partial charge in [0, 0.05) is 6.54 Å². The molecule has 0 aromatic heterocycles. The van der Waals surface area contributed by atoms with Gasteiger partial charge in [0.15, 0.2) is 0 Å². The van der Waals surface area contributed by atoms with Crippen LogP contribution in [0.15, 0.2) is 91.0 Å². The first-order valence-electron chi connectivity index (χ1n) is 16.7. The highest BCUT2D eigenvalue weighted by Crippen LogP contribution is 2.14. The number of hydrogen-bond acceptors (Lipinski definition) is 8. The van der Waals surface area contributed by atoms with Gasteiger partial charge in [0.2, 0.25) is 11.8 Å². The molecule has 3 aromatic carbocycles. The van der Waals surface area contributed by atoms with Crippen LogP contribution in [-0.4, -0.2) is 65.9 Å². The maximum atomic E-state index is 13.9. The summed E-state index contributed by atoms with van der Waals surface area (Å²) in [6, 6.07) is 23.6. The molecule has 0 fully saturated rings. The summed E-state index contributed by atoms with van der Waals surface area (Å²) in [6.07, 6.45) is -2.07. The lowest BCUT2D eigenvalue weighted by Crippen LogP contribution is -2.63. The summed E-state index contributed by atoms with van der Waals surface area (Å²) >= 11 is 0. The fourth-order valence-electron chi connectivity index (χ4n) is 5.22. The van der Waals surface area contributed by atoms with Gasteiger partial charge in [0.05, 0.1) is 18.8 Å². The van der Waals surface area contributed by atoms with Gasteiger partial charge in [-0.05, 0) is 41.9 Å². The average Bonchev–Trinajstić information content (AvgIpc) is 3.09. The summed E-state index contributed by atoms with van der Waals surface area (Å²) in [6.45, 7) is 9.21. The molecule has 0 saturated carbocycles. The number of benzene rings is 3. The smallest absolute Gasteiger partial charge is 0.408 e. The molecule has 11 nitrogen and oxygen atoms in total. The van der Waals surface area contributed by atoms with Gasteiger partial charge in [-0.15, -0.1) is 0 Å². The molecule has 49 heavy (non-hydrogen) atoms. The number of amides is 3. The summed E-state index contributed by atoms with van der Waals surface area (Å²) in [5, 5.41) is 23.4. The van der Waals surface area contributed by atoms with Gasteiger partial charge in [-0.1, -0.05) is 119 Å². The Balaban J connectivity index is 1.88. The van der Waals surface area contributed by atoms with Crippen LogP contribution in [0.4, 0.5) is 4.79 Å². The lowest BCUT2D eigenvalue weighted by Gasteiger charge is -2.33. The lowest BCUT2D eigenvalue weighted by atomic mass is 9.93. The second kappa shape index (κ2) is 19.9. The lowest BCUT2D eigenvalue weighted by molar-refractivity contribution is -0.149. The zero-order valence-corrected chi connectivity index (χ0v) is 28.9. The second-order valence-electron chi connectivity index (χ2n) is 12.5. The van der Waals surface area contributed by atoms with Crippen molar-refractivity contribution in [3.63, 3.8) is 0 Å². The molecule has 3 amide bonds. The molecule has 0 aliphatic rings. The molecule has 0 heterocycles. The molecule has 3 aromatic rings. The largest absolute Gasteiger partial charge is 0.464 e. The molecule has 0 bridgehead atoms. The third-order valence-corrected chi connectivity index (χ3v) is 7.97. The van der Waals surface area contributed by atoms with Gasteiger partial charge in [0.1, 0.15) is 24.7 Å². The Morgan fingerprint density at radius 3 is 1.67 bits per heavy atom. The van der Waals surface area contributed by atoms with E-state index in [1.807, 2.05) is 91.0 Å². The number of aliphatic hydroxyl groups is 1. The maximum absolute atomic E-state index is 13.9. The summed E-state index contributed by atoms with van der Waals surface area (Å²) < 4.78 is 10.6. The van der Waals surface area contributed by atoms with Crippen molar-refractivity contribution in [3.8, 4) is 0 Å². The molecular formula is C38H50N4O7. The van der Waals surface area contributed by atoms with E-state index in [2.05, 4.69) is 21.3 Å². The first-order chi connectivity index (χ1) is 23.5. The van der Waals surface area contributed by atoms with Crippen LogP contribution in [-0.2, 0) is 43.4 Å². The Morgan fingerprint density at radius 2 is 1.14 bits per heavy atom. The summed E-state index contributed by atoms with van der Waals surface area (Å²) in [7, 11) is 0. The Bertz CT molecular complexity index is 1450. The second-order valence-corrected chi connectivity index (χ2v) is 12.5. The normalized spacial score (nSPS) is 14.2. The predicted molar refractivity (Wildman–Crippen MR) is 187 cm³/mol. The van der Waals surface area contributed by atoms with Gasteiger partial charge < -0.3 is 30.5 Å². The standard InChI is InChI=1S/C38H50N4O7/c1-6-48-37(46)32(26(4)5)41-36(45)33(39-23-28-18-12-8-13-19-28)34(43)30(22-27-16-10-7-11-17-27)40-35(44)31(25(2)3)42-38(47)49-24-29-20-14-9-15-21-29/h7-21,25-26,30-34,39,43H,6,22-24H2,1-5H3,(H,40,44)(H,41,45)(H,42,47)/t30-,31-,32-,33+,34-/m0/s1. The zero-order valence-electron chi connectivity index (χ0n) is 28.9. The highest BCUT2D eigenvalue weighted by Gasteiger charge is 2.38. The van der Waals surface area contributed by atoms with Crippen molar-refractivity contribution < 1.29 is 33.8 Å². The van der Waals surface area contributed by atoms with Crippen LogP contribution >= 0.6 is 0 Å². The van der Waals surface area contributed by atoms with Crippen LogP contribution in [0.3, 0.4) is 0 Å². The molecular weight excluding hydrogens is 624 g/mol. The van der Waals surface area contributed by atoms with E-state index >= 15 is 0 Å². The Kier molecular flexibility index (Phi) is 15.7. The number of aliphatic hydroxyl groups excluding tert-OH is 1. The van der Waals surface area contributed by atoms with Crippen molar-refractivity contribution in [2.45, 2.75) is 84.5 Å². The van der Waals surface area contributed by atoms with Crippen molar-refractivity contribution in [1.82, 2.24) is 21.3 Å². The van der Waals surface area contributed by atoms with Crippen molar-refractivity contribution in [1.29, 1.82) is 0 Å². The number of hydrogen-bond donors (Lipinski definition) is 5. The number of ether oxygens (including phenoxy) is 2. The van der Waals surface area contributed by atoms with Crippen LogP contribution in [0.25, 0.3) is 0 Å². The number of nitrogens with one attached hydrogen (secondary N) is 4. The molecule has 5 N–H and O–H groups in total. The van der Waals surface area contributed by atoms with E-state index < -0.39 is 54.1 Å². The Labute approximate surface area is 289 Å². The molecule has 5 atom stereocenters. The zero-order chi connectivity index (χ0) is 35.8. The highest BCUT2D eigenvalue weighted by atomic mass is 16.5. The minimum absolute atomic E-state index is 0.0293. The van der Waals surface area contributed by atoms with Crippen LogP contribution in [0.2, 0.25) is 0 Å². The third-order valence-electron chi connectivity index (χ3n) is 7.97. The first kappa shape index (κ1) is 38.7. The van der Waals surface area contributed by atoms with E-state index in [4.69, 9.17) is 9.47 Å². The fourth-order valence-corrected chi connectivity index (χ4v) is 5.22. The van der Waals surface area contributed by atoms with Crippen molar-refractivity contribution >= 4 is 23.9 Å². The third kappa shape index (κ3) is 12.7. The highest BCUT2D eigenvalue weighted by molar-refractivity contribution is 5.89. The van der Waals surface area contributed by atoms with Crippen molar-refractivity contribution in [2.24, 2.45) is 11.8 Å². The maximum Gasteiger partial charge on any atom is 0.408 e. The molecule has 0 saturated heterocycles. The monoisotopic (exact) mass is 674 g/mol. The van der Waals surface area contributed by atoms with Gasteiger partial charge in [-0.25, -0.2) is 9.59 Å². The predicted octanol–water partition coefficient (Wildman–Crippen LogP) is 3.89. The number of alkyl carbamates (subject to hydrolysis) is 1. The average molecular weight is 675 g/mol. The Hall–Kier alpha value is -4.74. The molecule has 0 spiro atoms. The van der Waals surface area contributed by atoms with Gasteiger partial charge in [-0.2, -0.15) is 0 Å². The number of rotatable bonds is 18. The van der Waals surface area contributed by atoms with Crippen molar-refractivity contribution in [2.75, 3.05) is 6.61 Å². The van der Waals surface area contributed by atoms with E-state index in [-0.39, 0.29) is 38.0 Å². The SMILES string of the molecule is CCOC(=O)[C@@H](NC(=O)[C@H](NCc1ccccc1)[C@@H](O)[C@H](Cc1ccccc1)NC(=O)[C@@H](NC(=O)OCc1ccccc1)C(C)C)C(C)C. The number of esters is 1. The van der Waals surface area contributed by atoms with E-state index in [0.29, 0.717) is 0 Å². The molecule has 0 aliphatic heterocycles. The molecule has 264 valence electrons. The van der Waals surface area contributed by atoms with E-state index in [1.165, 1.54) is 0 Å². The minimum Gasteiger partial charge on any atom is -0.464 e. The van der Waals surface area contributed by atoms with Gasteiger partial charge in [0.25, 0.3) is 0 Å². The van der Waals surface area contributed by atoms with Crippen LogP contribution in [0, 0.1) is 11.8 Å². The van der Waals surface area contributed by atoms with E-state index in [0.717, 1.165) is 16.7 Å². The van der Waals surface area contributed by atoms with Crippen LogP contribution in [0.5, 0.6) is 0 Å². The van der Waals surface area contributed by atoms with Crippen LogP contribution in [0.1, 0.15) is 51.3 Å². The van der Waals surface area contributed by atoms with Gasteiger partial charge in [-0.3, -0.25) is 14.9 Å². The quantitative estimate of drug-likeness (QED) is 0.127. The minimum atomic E-state index is -1.47. The first-order valence-corrected chi connectivity index (χ1v) is 16.7. The van der Waals surface area contributed by atoms with Gasteiger partial charge >= 0.3 is 12.1 Å². The topological polar surface area (TPSA) is 155 Å². The molecule has 11 heteroatoms. The molecule has 0 aliphatic carbocycles. The molecule has 0 radical (unpaired) electrons. The summed E-state index contributed by atoms with van der Waals surface area (Å²) in [5.74, 6) is -2.41. The number of carbonyl (C=O) groups is 4. The fraction of sp³-hybridized carbons (Fsp3) is 0.421. The molecule has 3 rings (SSSR count). The molecule has 0 unspecified atom stereocenters.